The molecule has 12 rings (SSSR count). The molecule has 2 bridgehead atoms. The van der Waals surface area contributed by atoms with E-state index in [9.17, 15) is 0 Å². The Morgan fingerprint density at radius 3 is 1.71 bits per heavy atom. The molecule has 0 saturated heterocycles. The molecule has 0 fully saturated rings. The number of nitrogens with one attached hydrogen (secondary N) is 1. The van der Waals surface area contributed by atoms with Crippen LogP contribution in [0.1, 0.15) is 46.3 Å². The summed E-state index contributed by atoms with van der Waals surface area (Å²) in [6, 6.07) is 70.0. The van der Waals surface area contributed by atoms with E-state index in [1.807, 2.05) is 0 Å². The van der Waals surface area contributed by atoms with Gasteiger partial charge in [-0.15, -0.1) is 0 Å². The second-order valence-corrected chi connectivity index (χ2v) is 14.4. The molecule has 1 aliphatic heterocycles. The van der Waals surface area contributed by atoms with E-state index < -0.39 is 5.41 Å². The van der Waals surface area contributed by atoms with Crippen LogP contribution in [-0.4, -0.2) is 0 Å². The van der Waals surface area contributed by atoms with Crippen LogP contribution in [0.3, 0.4) is 0 Å². The highest BCUT2D eigenvalue weighted by atomic mass is 14.9. The van der Waals surface area contributed by atoms with Gasteiger partial charge in [0.25, 0.3) is 0 Å². The molecular weight excluding hydrogens is 627 g/mol. The second kappa shape index (κ2) is 11.3. The number of fused-ring (bicyclic) bond motifs is 1. The fourth-order valence-electron chi connectivity index (χ4n) is 9.83. The Morgan fingerprint density at radius 1 is 0.423 bits per heavy atom. The summed E-state index contributed by atoms with van der Waals surface area (Å²) in [5, 5.41) is 4.00. The Kier molecular flexibility index (Phi) is 6.36. The number of hydrogen-bond donors (Lipinski definition) is 1. The van der Waals surface area contributed by atoms with Gasteiger partial charge in [-0.1, -0.05) is 170 Å². The molecule has 1 heteroatoms. The lowest BCUT2D eigenvalue weighted by molar-refractivity contribution is 0.685. The number of benzene rings is 8. The molecular formula is C51H37N. The van der Waals surface area contributed by atoms with Gasteiger partial charge < -0.3 is 5.32 Å². The summed E-state index contributed by atoms with van der Waals surface area (Å²) in [5.41, 5.74) is 21.8. The first-order valence-electron chi connectivity index (χ1n) is 18.4. The Morgan fingerprint density at radius 2 is 0.981 bits per heavy atom. The molecule has 4 aliphatic rings. The van der Waals surface area contributed by atoms with E-state index in [1.165, 1.54) is 94.8 Å². The Bertz CT molecular complexity index is 2680. The minimum absolute atomic E-state index is 0. The average Bonchev–Trinajstić information content (AvgIpc) is 3.44. The van der Waals surface area contributed by atoms with Crippen molar-refractivity contribution in [3.05, 3.63) is 227 Å². The predicted octanol–water partition coefficient (Wildman–Crippen LogP) is 13.0. The third-order valence-electron chi connectivity index (χ3n) is 11.9. The van der Waals surface area contributed by atoms with Crippen molar-refractivity contribution >= 4 is 11.4 Å². The zero-order valence-corrected chi connectivity index (χ0v) is 28.7. The third-order valence-corrected chi connectivity index (χ3v) is 11.9. The molecule has 1 nitrogen and oxygen atoms in total. The van der Waals surface area contributed by atoms with Crippen LogP contribution < -0.4 is 5.32 Å². The number of hydrogen-bond acceptors (Lipinski definition) is 1. The van der Waals surface area contributed by atoms with E-state index >= 15 is 0 Å². The van der Waals surface area contributed by atoms with Crippen molar-refractivity contribution in [3.63, 3.8) is 0 Å². The van der Waals surface area contributed by atoms with Crippen molar-refractivity contribution in [2.45, 2.75) is 17.8 Å². The van der Waals surface area contributed by atoms with Gasteiger partial charge in [-0.2, -0.15) is 0 Å². The van der Waals surface area contributed by atoms with Crippen molar-refractivity contribution in [1.29, 1.82) is 0 Å². The Hall–Kier alpha value is -6.44. The summed E-state index contributed by atoms with van der Waals surface area (Å²) >= 11 is 0. The van der Waals surface area contributed by atoms with E-state index in [0.29, 0.717) is 0 Å². The summed E-state index contributed by atoms with van der Waals surface area (Å²) in [6.07, 6.45) is 0.956. The van der Waals surface area contributed by atoms with Crippen molar-refractivity contribution in [3.8, 4) is 44.5 Å². The van der Waals surface area contributed by atoms with Crippen molar-refractivity contribution in [2.24, 2.45) is 0 Å². The molecule has 2 atom stereocenters. The standard InChI is InChI=1S/C51H35N.H2/c1-3-15-33(16-4-1)37-20-8-9-22-39(37)35-27-29-47-46(32-35)51-44-25-13-7-19-36(44)31-43(41-24-12-14-26-45(41)51)49-42(28-30-48(52-47)50(49)51)40-23-11-10-21-38(40)34-17-5-2-6-18-34;/h1-30,32,43,52H,31H2;1H. The van der Waals surface area contributed by atoms with Crippen LogP contribution in [0.15, 0.2) is 188 Å². The molecule has 52 heavy (non-hydrogen) atoms. The summed E-state index contributed by atoms with van der Waals surface area (Å²) < 4.78 is 0. The molecule has 1 N–H and O–H groups in total. The second-order valence-electron chi connectivity index (χ2n) is 14.4. The van der Waals surface area contributed by atoms with E-state index in [2.05, 4.69) is 193 Å². The van der Waals surface area contributed by atoms with Crippen molar-refractivity contribution in [1.82, 2.24) is 0 Å². The zero-order chi connectivity index (χ0) is 34.2. The molecule has 1 heterocycles. The summed E-state index contributed by atoms with van der Waals surface area (Å²) in [4.78, 5) is 0. The molecule has 2 unspecified atom stereocenters. The normalized spacial score (nSPS) is 17.2. The third kappa shape index (κ3) is 4.05. The quantitative estimate of drug-likeness (QED) is 0.198. The number of anilines is 2. The van der Waals surface area contributed by atoms with E-state index in [1.54, 1.807) is 0 Å². The Balaban J connectivity index is 0.00000349. The van der Waals surface area contributed by atoms with E-state index in [4.69, 9.17) is 0 Å². The van der Waals surface area contributed by atoms with Gasteiger partial charge in [-0.05, 0) is 108 Å². The number of rotatable bonds is 4. The van der Waals surface area contributed by atoms with Crippen LogP contribution in [0.2, 0.25) is 0 Å². The predicted molar refractivity (Wildman–Crippen MR) is 217 cm³/mol. The summed E-state index contributed by atoms with van der Waals surface area (Å²) in [6.45, 7) is 0. The average molecular weight is 664 g/mol. The topological polar surface area (TPSA) is 12.0 Å². The maximum absolute atomic E-state index is 4.00. The van der Waals surface area contributed by atoms with Crippen molar-refractivity contribution < 1.29 is 1.43 Å². The molecule has 0 saturated carbocycles. The molecule has 0 aromatic heterocycles. The SMILES string of the molecule is [HH].c1ccc(-c2ccccc2-c2ccc3c(c2)C24c5ccccc5CC(c5ccccc52)c2c(-c5ccccc5-c5ccccc5)ccc(c24)N3)cc1. The van der Waals surface area contributed by atoms with E-state index in [0.717, 1.165) is 6.42 Å². The highest BCUT2D eigenvalue weighted by Crippen LogP contribution is 2.65. The van der Waals surface area contributed by atoms with Crippen LogP contribution >= 0.6 is 0 Å². The minimum Gasteiger partial charge on any atom is -0.355 e. The van der Waals surface area contributed by atoms with E-state index in [-0.39, 0.29) is 7.34 Å². The Labute approximate surface area is 306 Å². The molecule has 1 spiro atoms. The van der Waals surface area contributed by atoms with Gasteiger partial charge in [0.2, 0.25) is 0 Å². The van der Waals surface area contributed by atoms with Gasteiger partial charge in [-0.25, -0.2) is 0 Å². The lowest BCUT2D eigenvalue weighted by Crippen LogP contribution is -2.39. The van der Waals surface area contributed by atoms with Gasteiger partial charge in [0, 0.05) is 18.7 Å². The van der Waals surface area contributed by atoms with Crippen LogP contribution in [0.4, 0.5) is 11.4 Å². The smallest absolute Gasteiger partial charge is 0.0750 e. The van der Waals surface area contributed by atoms with Crippen molar-refractivity contribution in [2.75, 3.05) is 5.32 Å². The highest BCUT2D eigenvalue weighted by molar-refractivity contribution is 5.95. The lowest BCUT2D eigenvalue weighted by Gasteiger charge is -2.48. The largest absolute Gasteiger partial charge is 0.355 e. The fourth-order valence-corrected chi connectivity index (χ4v) is 9.83. The maximum Gasteiger partial charge on any atom is 0.0750 e. The minimum atomic E-state index is -0.499. The van der Waals surface area contributed by atoms with Gasteiger partial charge in [-0.3, -0.25) is 0 Å². The summed E-state index contributed by atoms with van der Waals surface area (Å²) in [5.74, 6) is 0.215. The zero-order valence-electron chi connectivity index (χ0n) is 28.7. The monoisotopic (exact) mass is 663 g/mol. The maximum atomic E-state index is 4.00. The summed E-state index contributed by atoms with van der Waals surface area (Å²) in [7, 11) is 0. The first-order chi connectivity index (χ1) is 25.8. The highest BCUT2D eigenvalue weighted by Gasteiger charge is 2.54. The van der Waals surface area contributed by atoms with Crippen LogP contribution in [0, 0.1) is 0 Å². The van der Waals surface area contributed by atoms with Gasteiger partial charge >= 0.3 is 0 Å². The molecule has 3 aliphatic carbocycles. The molecule has 0 radical (unpaired) electrons. The molecule has 0 amide bonds. The van der Waals surface area contributed by atoms with Gasteiger partial charge in [0.1, 0.15) is 0 Å². The first kappa shape index (κ1) is 29.3. The van der Waals surface area contributed by atoms with Gasteiger partial charge in [0.15, 0.2) is 0 Å². The van der Waals surface area contributed by atoms with Gasteiger partial charge in [0.05, 0.1) is 5.41 Å². The molecule has 246 valence electrons. The first-order valence-corrected chi connectivity index (χ1v) is 18.4. The lowest BCUT2D eigenvalue weighted by atomic mass is 9.56. The fraction of sp³-hybridized carbons (Fsp3) is 0.0588. The van der Waals surface area contributed by atoms with Crippen LogP contribution in [0.25, 0.3) is 44.5 Å². The molecule has 8 aromatic carbocycles. The van der Waals surface area contributed by atoms with Crippen LogP contribution in [-0.2, 0) is 11.8 Å². The van der Waals surface area contributed by atoms with Crippen LogP contribution in [0.5, 0.6) is 0 Å². The molecule has 8 aromatic rings.